The number of carbonyl (C=O) groups is 1. The highest BCUT2D eigenvalue weighted by atomic mass is 32.2. The van der Waals surface area contributed by atoms with Crippen molar-refractivity contribution in [2.75, 3.05) is 7.11 Å². The van der Waals surface area contributed by atoms with Crippen LogP contribution in [-0.4, -0.2) is 38.9 Å². The summed E-state index contributed by atoms with van der Waals surface area (Å²) in [6.45, 7) is 0.150. The van der Waals surface area contributed by atoms with Gasteiger partial charge in [0.15, 0.2) is 5.82 Å². The molecular weight excluding hydrogens is 392 g/mol. The third-order valence-electron chi connectivity index (χ3n) is 4.27. The smallest absolute Gasteiger partial charge is 0.212 e. The quantitative estimate of drug-likeness (QED) is 0.586. The van der Waals surface area contributed by atoms with Crippen molar-refractivity contribution in [1.82, 2.24) is 14.9 Å². The first-order valence-electron chi connectivity index (χ1n) is 8.86. The summed E-state index contributed by atoms with van der Waals surface area (Å²) >= 11 is 1.30. The molecular formula is C20H17N4O4S-. The third kappa shape index (κ3) is 4.24. The van der Waals surface area contributed by atoms with Gasteiger partial charge in [0, 0.05) is 18.5 Å². The minimum absolute atomic E-state index is 0.150. The van der Waals surface area contributed by atoms with E-state index in [1.165, 1.54) is 11.8 Å². The van der Waals surface area contributed by atoms with E-state index in [1.54, 1.807) is 17.9 Å². The van der Waals surface area contributed by atoms with Crippen LogP contribution in [0.15, 0.2) is 64.9 Å². The Kier molecular flexibility index (Phi) is 5.48. The highest BCUT2D eigenvalue weighted by Crippen LogP contribution is 2.32. The summed E-state index contributed by atoms with van der Waals surface area (Å²) in [7, 11) is 1.59. The minimum Gasteiger partial charge on any atom is -0.550 e. The summed E-state index contributed by atoms with van der Waals surface area (Å²) in [6, 6.07) is 16.7. The van der Waals surface area contributed by atoms with Crippen LogP contribution in [0.1, 0.15) is 17.8 Å². The Bertz CT molecular complexity index is 1050. The maximum Gasteiger partial charge on any atom is 0.212 e. The second-order valence-corrected chi connectivity index (χ2v) is 7.38. The number of nitrogens with zero attached hydrogens (tertiary/aromatic N) is 4. The second kappa shape index (κ2) is 8.36. The third-order valence-corrected chi connectivity index (χ3v) is 5.41. The van der Waals surface area contributed by atoms with Crippen molar-refractivity contribution in [1.29, 1.82) is 0 Å². The van der Waals surface area contributed by atoms with Gasteiger partial charge in [-0.1, -0.05) is 48.2 Å². The first kappa shape index (κ1) is 19.0. The fourth-order valence-electron chi connectivity index (χ4n) is 2.90. The van der Waals surface area contributed by atoms with Gasteiger partial charge in [-0.05, 0) is 17.7 Å². The first-order chi connectivity index (χ1) is 14.1. The highest BCUT2D eigenvalue weighted by Gasteiger charge is 2.29. The number of carbonyl (C=O) groups excluding carboxylic acids is 1. The lowest BCUT2D eigenvalue weighted by molar-refractivity contribution is -0.305. The average Bonchev–Trinajstić information content (AvgIpc) is 3.14. The Balaban J connectivity index is 1.62. The zero-order valence-electron chi connectivity index (χ0n) is 15.5. The zero-order chi connectivity index (χ0) is 20.2. The van der Waals surface area contributed by atoms with Crippen LogP contribution < -0.4 is 14.6 Å². The van der Waals surface area contributed by atoms with E-state index < -0.39 is 11.2 Å². The molecule has 1 aromatic heterocycles. The van der Waals surface area contributed by atoms with Crippen LogP contribution in [0.2, 0.25) is 0 Å². The van der Waals surface area contributed by atoms with Crippen LogP contribution in [0.4, 0.5) is 0 Å². The van der Waals surface area contributed by atoms with Gasteiger partial charge in [0.2, 0.25) is 5.16 Å². The Hall–Kier alpha value is -3.33. The summed E-state index contributed by atoms with van der Waals surface area (Å²) in [5, 5.41) is 24.3. The van der Waals surface area contributed by atoms with Gasteiger partial charge in [-0.2, -0.15) is 9.78 Å². The lowest BCUT2D eigenvalue weighted by Gasteiger charge is -2.23. The van der Waals surface area contributed by atoms with E-state index in [0.29, 0.717) is 28.2 Å². The molecule has 9 heteroatoms. The summed E-state index contributed by atoms with van der Waals surface area (Å²) in [4.78, 5) is 11.2. The molecule has 1 atom stereocenters. The molecule has 0 N–H and O–H groups in total. The molecule has 8 nitrogen and oxygen atoms in total. The van der Waals surface area contributed by atoms with Gasteiger partial charge in [0.1, 0.15) is 18.1 Å². The van der Waals surface area contributed by atoms with E-state index in [4.69, 9.17) is 9.47 Å². The molecule has 0 fully saturated rings. The van der Waals surface area contributed by atoms with Crippen LogP contribution in [0.5, 0.6) is 11.5 Å². The number of benzene rings is 2. The number of hydrogen-bond donors (Lipinski definition) is 0. The molecule has 1 aliphatic rings. The molecule has 0 spiro atoms. The van der Waals surface area contributed by atoms with Crippen LogP contribution in [0.25, 0.3) is 0 Å². The monoisotopic (exact) mass is 409 g/mol. The largest absolute Gasteiger partial charge is 0.550 e. The number of thioether (sulfide) groups is 1. The normalized spacial score (nSPS) is 15.3. The number of carboxylic acid groups (broad SMARTS) is 1. The van der Waals surface area contributed by atoms with E-state index in [0.717, 1.165) is 5.56 Å². The lowest BCUT2D eigenvalue weighted by atomic mass is 10.1. The maximum absolute atomic E-state index is 11.2. The van der Waals surface area contributed by atoms with Crippen LogP contribution >= 0.6 is 11.8 Å². The fourth-order valence-corrected chi connectivity index (χ4v) is 4.00. The van der Waals surface area contributed by atoms with Crippen molar-refractivity contribution >= 4 is 23.4 Å². The van der Waals surface area contributed by atoms with Crippen molar-refractivity contribution in [2.24, 2.45) is 5.10 Å². The van der Waals surface area contributed by atoms with Crippen molar-refractivity contribution in [2.45, 2.75) is 23.4 Å². The summed E-state index contributed by atoms with van der Waals surface area (Å²) in [6.07, 6.45) is -0.166. The Morgan fingerprint density at radius 1 is 1.14 bits per heavy atom. The second-order valence-electron chi connectivity index (χ2n) is 6.21. The number of fused-ring (bicyclic) bond motifs is 1. The van der Waals surface area contributed by atoms with Gasteiger partial charge < -0.3 is 19.4 Å². The van der Waals surface area contributed by atoms with Crippen LogP contribution in [-0.2, 0) is 11.4 Å². The van der Waals surface area contributed by atoms with Crippen molar-refractivity contribution < 1.29 is 19.4 Å². The minimum atomic E-state index is -1.14. The van der Waals surface area contributed by atoms with Gasteiger partial charge in [0.05, 0.1) is 18.1 Å². The fraction of sp³-hybridized carbons (Fsp3) is 0.200. The molecule has 0 aliphatic carbocycles. The van der Waals surface area contributed by atoms with Crippen LogP contribution in [0, 0.1) is 0 Å². The van der Waals surface area contributed by atoms with E-state index in [-0.39, 0.29) is 13.0 Å². The highest BCUT2D eigenvalue weighted by molar-refractivity contribution is 8.00. The van der Waals surface area contributed by atoms with Crippen LogP contribution in [0.3, 0.4) is 0 Å². The summed E-state index contributed by atoms with van der Waals surface area (Å²) in [5.41, 5.74) is 1.47. The molecule has 29 heavy (non-hydrogen) atoms. The zero-order valence-corrected chi connectivity index (χ0v) is 16.3. The Morgan fingerprint density at radius 3 is 2.69 bits per heavy atom. The van der Waals surface area contributed by atoms with Gasteiger partial charge in [-0.3, -0.25) is 0 Å². The average molecular weight is 409 g/mol. The topological polar surface area (TPSA) is 102 Å². The van der Waals surface area contributed by atoms with E-state index >= 15 is 0 Å². The number of methoxy groups -OCH3 is 1. The summed E-state index contributed by atoms with van der Waals surface area (Å²) < 4.78 is 12.6. The predicted molar refractivity (Wildman–Crippen MR) is 105 cm³/mol. The molecule has 148 valence electrons. The number of ether oxygens (including phenoxy) is 2. The SMILES string of the molecule is COc1cccc(OCc2nnc3n2N=C(c2ccccc2)[C@@H](CC(=O)[O-])S3)c1. The van der Waals surface area contributed by atoms with E-state index in [9.17, 15) is 9.90 Å². The van der Waals surface area contributed by atoms with Crippen molar-refractivity contribution in [3.63, 3.8) is 0 Å². The van der Waals surface area contributed by atoms with E-state index in [2.05, 4.69) is 15.3 Å². The summed E-state index contributed by atoms with van der Waals surface area (Å²) in [5.74, 6) is 0.694. The lowest BCUT2D eigenvalue weighted by Crippen LogP contribution is -2.33. The first-order valence-corrected chi connectivity index (χ1v) is 9.74. The standard InChI is InChI=1S/C20H18N4O4S/c1-27-14-8-5-9-15(10-14)28-12-17-21-22-20-24(17)23-19(13-6-3-2-4-7-13)16(29-20)11-18(25)26/h2-10,16H,11-12H2,1H3,(H,25,26)/p-1/t16-/m1/s1. The molecule has 0 unspecified atom stereocenters. The van der Waals surface area contributed by atoms with Gasteiger partial charge in [0.25, 0.3) is 0 Å². The molecule has 0 amide bonds. The Morgan fingerprint density at radius 2 is 1.93 bits per heavy atom. The molecule has 2 heterocycles. The molecule has 0 bridgehead atoms. The number of aliphatic carboxylic acids is 1. The molecule has 0 saturated heterocycles. The van der Waals surface area contributed by atoms with Crippen molar-refractivity contribution in [3.05, 3.63) is 66.0 Å². The number of carboxylic acids is 1. The van der Waals surface area contributed by atoms with Gasteiger partial charge in [-0.15, -0.1) is 10.2 Å². The molecule has 1 aliphatic heterocycles. The molecule has 0 radical (unpaired) electrons. The Labute approximate surface area is 171 Å². The molecule has 0 saturated carbocycles. The maximum atomic E-state index is 11.2. The molecule has 2 aromatic carbocycles. The molecule has 3 aromatic rings. The van der Waals surface area contributed by atoms with Gasteiger partial charge in [-0.25, -0.2) is 0 Å². The predicted octanol–water partition coefficient (Wildman–Crippen LogP) is 1.73. The molecule has 4 rings (SSSR count). The van der Waals surface area contributed by atoms with E-state index in [1.807, 2.05) is 48.5 Å². The van der Waals surface area contributed by atoms with Crippen molar-refractivity contribution in [3.8, 4) is 11.5 Å². The number of rotatable bonds is 7. The number of hydrogen-bond acceptors (Lipinski definition) is 8. The van der Waals surface area contributed by atoms with Gasteiger partial charge >= 0.3 is 0 Å². The number of aromatic nitrogens is 3.